The van der Waals surface area contributed by atoms with Gasteiger partial charge in [0, 0.05) is 6.04 Å². The van der Waals surface area contributed by atoms with E-state index in [1.54, 1.807) is 7.11 Å². The van der Waals surface area contributed by atoms with Gasteiger partial charge in [0.1, 0.15) is 5.75 Å². The van der Waals surface area contributed by atoms with Crippen LogP contribution in [0.2, 0.25) is 0 Å². The van der Waals surface area contributed by atoms with Crippen molar-refractivity contribution in [3.8, 4) is 5.75 Å². The number of hydrogen-bond acceptors (Lipinski definition) is 2. The monoisotopic (exact) mass is 235 g/mol. The topological polar surface area (TPSA) is 21.3 Å². The number of nitrogens with one attached hydrogen (secondary N) is 1. The van der Waals surface area contributed by atoms with Crippen LogP contribution in [0, 0.1) is 6.92 Å². The van der Waals surface area contributed by atoms with Crippen LogP contribution >= 0.6 is 0 Å². The summed E-state index contributed by atoms with van der Waals surface area (Å²) in [7, 11) is 1.72. The number of methoxy groups -OCH3 is 1. The van der Waals surface area contributed by atoms with E-state index in [1.807, 2.05) is 6.07 Å². The third-order valence-electron chi connectivity index (χ3n) is 3.00. The highest BCUT2D eigenvalue weighted by molar-refractivity contribution is 5.58. The van der Waals surface area contributed by atoms with Crippen LogP contribution in [0.1, 0.15) is 45.1 Å². The minimum atomic E-state index is 0.497. The third-order valence-corrected chi connectivity index (χ3v) is 3.00. The average molecular weight is 235 g/mol. The summed E-state index contributed by atoms with van der Waals surface area (Å²) in [5, 5.41) is 3.54. The maximum Gasteiger partial charge on any atom is 0.141 e. The quantitative estimate of drug-likeness (QED) is 0.708. The van der Waals surface area contributed by atoms with E-state index in [1.165, 1.54) is 31.2 Å². The first-order chi connectivity index (χ1) is 8.17. The highest BCUT2D eigenvalue weighted by Crippen LogP contribution is 2.26. The first-order valence-electron chi connectivity index (χ1n) is 6.58. The number of ether oxygens (including phenoxy) is 1. The van der Waals surface area contributed by atoms with Crippen LogP contribution < -0.4 is 10.1 Å². The van der Waals surface area contributed by atoms with Gasteiger partial charge in [0.25, 0.3) is 0 Å². The molecule has 0 heterocycles. The molecule has 0 saturated carbocycles. The predicted molar refractivity (Wildman–Crippen MR) is 75.0 cm³/mol. The summed E-state index contributed by atoms with van der Waals surface area (Å²) in [6.45, 7) is 6.57. The van der Waals surface area contributed by atoms with E-state index in [9.17, 15) is 0 Å². The second-order valence-corrected chi connectivity index (χ2v) is 4.74. The summed E-state index contributed by atoms with van der Waals surface area (Å²) < 4.78 is 5.36. The lowest BCUT2D eigenvalue weighted by Crippen LogP contribution is -2.15. The summed E-state index contributed by atoms with van der Waals surface area (Å²) in [6, 6.07) is 6.74. The molecule has 0 amide bonds. The molecule has 0 bridgehead atoms. The lowest BCUT2D eigenvalue weighted by molar-refractivity contribution is 0.415. The van der Waals surface area contributed by atoms with Gasteiger partial charge < -0.3 is 10.1 Å². The van der Waals surface area contributed by atoms with Gasteiger partial charge in [0.15, 0.2) is 0 Å². The highest BCUT2D eigenvalue weighted by Gasteiger charge is 2.06. The molecule has 0 aromatic heterocycles. The molecule has 1 atom stereocenters. The predicted octanol–water partition coefficient (Wildman–Crippen LogP) is 4.38. The molecule has 0 radical (unpaired) electrons. The van der Waals surface area contributed by atoms with Gasteiger partial charge in [-0.1, -0.05) is 32.3 Å². The third kappa shape index (κ3) is 4.68. The minimum absolute atomic E-state index is 0.497. The molecule has 1 N–H and O–H groups in total. The molecule has 1 unspecified atom stereocenters. The van der Waals surface area contributed by atoms with E-state index in [2.05, 4.69) is 38.2 Å². The fraction of sp³-hybridized carbons (Fsp3) is 0.600. The smallest absolute Gasteiger partial charge is 0.141 e. The Morgan fingerprint density at radius 3 is 2.71 bits per heavy atom. The SMILES string of the molecule is CCCCCC(C)Nc1cc(C)ccc1OC. The van der Waals surface area contributed by atoms with E-state index in [-0.39, 0.29) is 0 Å². The lowest BCUT2D eigenvalue weighted by atomic mass is 10.1. The first-order valence-corrected chi connectivity index (χ1v) is 6.58. The maximum absolute atomic E-state index is 5.36. The zero-order valence-electron chi connectivity index (χ0n) is 11.5. The Labute approximate surface area is 105 Å². The fourth-order valence-corrected chi connectivity index (χ4v) is 1.97. The average Bonchev–Trinajstić information content (AvgIpc) is 2.29. The Morgan fingerprint density at radius 1 is 1.29 bits per heavy atom. The van der Waals surface area contributed by atoms with Crippen molar-refractivity contribution >= 4 is 5.69 Å². The zero-order valence-corrected chi connectivity index (χ0v) is 11.5. The summed E-state index contributed by atoms with van der Waals surface area (Å²) >= 11 is 0. The largest absolute Gasteiger partial charge is 0.495 e. The molecule has 0 fully saturated rings. The van der Waals surface area contributed by atoms with Crippen LogP contribution in [-0.4, -0.2) is 13.2 Å². The first kappa shape index (κ1) is 13.9. The van der Waals surface area contributed by atoms with Gasteiger partial charge in [-0.05, 0) is 38.0 Å². The van der Waals surface area contributed by atoms with Gasteiger partial charge in [-0.2, -0.15) is 0 Å². The minimum Gasteiger partial charge on any atom is -0.495 e. The van der Waals surface area contributed by atoms with Gasteiger partial charge in [0.2, 0.25) is 0 Å². The maximum atomic E-state index is 5.36. The molecule has 1 rings (SSSR count). The molecule has 0 spiro atoms. The Balaban J connectivity index is 2.57. The molecular weight excluding hydrogens is 210 g/mol. The van der Waals surface area contributed by atoms with Crippen molar-refractivity contribution in [2.45, 2.75) is 52.5 Å². The van der Waals surface area contributed by atoms with Gasteiger partial charge in [-0.25, -0.2) is 0 Å². The van der Waals surface area contributed by atoms with Crippen LogP contribution in [0.15, 0.2) is 18.2 Å². The second-order valence-electron chi connectivity index (χ2n) is 4.74. The van der Waals surface area contributed by atoms with E-state index in [0.29, 0.717) is 6.04 Å². The van der Waals surface area contributed by atoms with Gasteiger partial charge in [0.05, 0.1) is 12.8 Å². The Morgan fingerprint density at radius 2 is 2.06 bits per heavy atom. The molecule has 17 heavy (non-hydrogen) atoms. The highest BCUT2D eigenvalue weighted by atomic mass is 16.5. The number of unbranched alkanes of at least 4 members (excludes halogenated alkanes) is 2. The molecule has 96 valence electrons. The van der Waals surface area contributed by atoms with Crippen molar-refractivity contribution in [3.05, 3.63) is 23.8 Å². The summed E-state index contributed by atoms with van der Waals surface area (Å²) in [5.41, 5.74) is 2.37. The Kier molecular flexibility index (Phi) is 5.88. The van der Waals surface area contributed by atoms with Crippen molar-refractivity contribution in [2.75, 3.05) is 12.4 Å². The molecule has 1 aromatic carbocycles. The van der Waals surface area contributed by atoms with Crippen LogP contribution in [0.3, 0.4) is 0 Å². The second kappa shape index (κ2) is 7.21. The van der Waals surface area contributed by atoms with Crippen molar-refractivity contribution in [2.24, 2.45) is 0 Å². The van der Waals surface area contributed by atoms with Crippen LogP contribution in [0.4, 0.5) is 5.69 Å². The molecule has 0 aliphatic heterocycles. The van der Waals surface area contributed by atoms with Gasteiger partial charge >= 0.3 is 0 Å². The molecule has 0 aliphatic carbocycles. The van der Waals surface area contributed by atoms with Gasteiger partial charge in [-0.15, -0.1) is 0 Å². The number of benzene rings is 1. The molecule has 1 aromatic rings. The zero-order chi connectivity index (χ0) is 12.7. The Hall–Kier alpha value is -1.18. The van der Waals surface area contributed by atoms with Crippen molar-refractivity contribution in [3.63, 3.8) is 0 Å². The summed E-state index contributed by atoms with van der Waals surface area (Å²) in [6.07, 6.45) is 5.10. The molecule has 0 saturated heterocycles. The van der Waals surface area contributed by atoms with Crippen molar-refractivity contribution in [1.29, 1.82) is 0 Å². The van der Waals surface area contributed by atoms with Crippen LogP contribution in [0.25, 0.3) is 0 Å². The number of anilines is 1. The summed E-state index contributed by atoms with van der Waals surface area (Å²) in [4.78, 5) is 0. The normalized spacial score (nSPS) is 12.2. The molecule has 2 nitrogen and oxygen atoms in total. The summed E-state index contributed by atoms with van der Waals surface area (Å²) in [5.74, 6) is 0.929. The standard InChI is InChI=1S/C15H25NO/c1-5-6-7-8-13(3)16-14-11-12(2)9-10-15(14)17-4/h9-11,13,16H,5-8H2,1-4H3. The van der Waals surface area contributed by atoms with Crippen molar-refractivity contribution < 1.29 is 4.74 Å². The van der Waals surface area contributed by atoms with E-state index in [4.69, 9.17) is 4.74 Å². The fourth-order valence-electron chi connectivity index (χ4n) is 1.97. The Bertz CT molecular complexity index is 336. The van der Waals surface area contributed by atoms with E-state index >= 15 is 0 Å². The number of hydrogen-bond donors (Lipinski definition) is 1. The van der Waals surface area contributed by atoms with Crippen LogP contribution in [0.5, 0.6) is 5.75 Å². The van der Waals surface area contributed by atoms with Crippen molar-refractivity contribution in [1.82, 2.24) is 0 Å². The van der Waals surface area contributed by atoms with E-state index in [0.717, 1.165) is 11.4 Å². The number of rotatable bonds is 7. The molecule has 2 heteroatoms. The molecular formula is C15H25NO. The lowest BCUT2D eigenvalue weighted by Gasteiger charge is -2.18. The van der Waals surface area contributed by atoms with Crippen LogP contribution in [-0.2, 0) is 0 Å². The van der Waals surface area contributed by atoms with E-state index < -0.39 is 0 Å². The van der Waals surface area contributed by atoms with Gasteiger partial charge in [-0.3, -0.25) is 0 Å². The number of aryl methyl sites for hydroxylation is 1. The molecule has 0 aliphatic rings.